The smallest absolute Gasteiger partial charge is 0.325 e. The molecule has 0 aromatic heterocycles. The molecule has 0 aliphatic carbocycles. The molecule has 91 heavy (non-hydrogen) atoms. The quantitative estimate of drug-likeness (QED) is 0.0199. The lowest BCUT2D eigenvalue weighted by atomic mass is 9.97. The maximum Gasteiger partial charge on any atom is 0.325 e. The van der Waals surface area contributed by atoms with Gasteiger partial charge in [0, 0.05) is 53.5 Å². The number of rotatable bonds is 45. The van der Waals surface area contributed by atoms with E-state index in [0.717, 1.165) is 0 Å². The van der Waals surface area contributed by atoms with Crippen LogP contribution in [0.1, 0.15) is 67.2 Å². The Kier molecular flexibility index (Phi) is 39.2. The van der Waals surface area contributed by atoms with Crippen LogP contribution in [-0.4, -0.2) is 338 Å². The molecule has 3 rings (SSSR count). The third-order valence-corrected chi connectivity index (χ3v) is 15.7. The lowest BCUT2D eigenvalue weighted by molar-refractivity contribution is -0.272. The van der Waals surface area contributed by atoms with E-state index in [2.05, 4.69) is 31.9 Å². The number of carbonyl (C=O) groups is 6. The molecular formula is C54H101N8O27PS. The van der Waals surface area contributed by atoms with Gasteiger partial charge in [0.05, 0.1) is 111 Å². The van der Waals surface area contributed by atoms with Crippen molar-refractivity contribution >= 4 is 54.0 Å². The number of hydrogen-bond acceptors (Lipinski definition) is 29. The molecule has 35 nitrogen and oxygen atoms in total. The highest BCUT2D eigenvalue weighted by molar-refractivity contribution is 8.07. The lowest BCUT2D eigenvalue weighted by Crippen LogP contribution is -2.64. The zero-order valence-electron chi connectivity index (χ0n) is 52.7. The third-order valence-electron chi connectivity index (χ3n) is 13.8. The van der Waals surface area contributed by atoms with Crippen molar-refractivity contribution < 1.29 is 131 Å². The maximum atomic E-state index is 13.5. The van der Waals surface area contributed by atoms with E-state index in [-0.39, 0.29) is 124 Å². The van der Waals surface area contributed by atoms with Crippen molar-refractivity contribution in [3.8, 4) is 0 Å². The average Bonchev–Trinajstić information content (AvgIpc) is 1.13. The van der Waals surface area contributed by atoms with Crippen molar-refractivity contribution in [1.82, 2.24) is 41.7 Å². The number of ether oxygens (including phenoxy) is 9. The molecule has 3 fully saturated rings. The van der Waals surface area contributed by atoms with Gasteiger partial charge in [-0.2, -0.15) is 0 Å². The number of amides is 6. The molecule has 3 saturated heterocycles. The van der Waals surface area contributed by atoms with Gasteiger partial charge >= 0.3 is 6.72 Å². The maximum absolute atomic E-state index is 13.5. The Balaban J connectivity index is 1.63. The standard InChI is InChI=1S/C54H101N8O27PS/c1-33(66)58-42-48(75)45(72)36(30-63)86-51(42)82-24-21-79-18-11-55-39(69)27-61(14-9-7-8-10-17-85-90(78,91)89-54(4,5)6)15-16-62(28-40(70)56-12-19-80-22-25-83-52-43(59-34(2)67)49(76)46(73)37(31-64)87-52)29-41(71)57-13-20-81-23-26-84-53-44(60-35(3)68)50(77)47(74)38(32-65)88-53/h36-38,42-53,63-65,72-77H,7-32H2,1-6H3,(H,55,69)(H,56,70)(H,57,71)(H,58,66)(H,59,67)(H,60,68)(H,78,91). The molecule has 0 bridgehead atoms. The Bertz CT molecular complexity index is 2110. The molecule has 0 aromatic rings. The number of hydrogen-bond donors (Lipinski definition) is 16. The first-order valence-corrected chi connectivity index (χ1v) is 32.9. The van der Waals surface area contributed by atoms with Crippen molar-refractivity contribution in [1.29, 1.82) is 0 Å². The largest absolute Gasteiger partial charge is 0.394 e. The van der Waals surface area contributed by atoms with E-state index in [1.54, 1.807) is 25.7 Å². The second-order valence-electron chi connectivity index (χ2n) is 22.7. The molecule has 3 heterocycles. The summed E-state index contributed by atoms with van der Waals surface area (Å²) in [5.74, 6) is -2.89. The first-order valence-electron chi connectivity index (χ1n) is 30.3. The van der Waals surface area contributed by atoms with E-state index >= 15 is 0 Å². The van der Waals surface area contributed by atoms with E-state index in [4.69, 9.17) is 63.5 Å². The molecule has 3 aliphatic heterocycles. The van der Waals surface area contributed by atoms with Gasteiger partial charge in [0.25, 0.3) is 0 Å². The molecule has 16 unspecified atom stereocenters. The fraction of sp³-hybridized carbons (Fsp3) is 0.889. The van der Waals surface area contributed by atoms with Gasteiger partial charge in [0.15, 0.2) is 18.9 Å². The van der Waals surface area contributed by atoms with Gasteiger partial charge < -0.3 is 134 Å². The monoisotopic (exact) mass is 1360 g/mol. The highest BCUT2D eigenvalue weighted by Gasteiger charge is 2.48. The van der Waals surface area contributed by atoms with Crippen LogP contribution in [0.25, 0.3) is 0 Å². The van der Waals surface area contributed by atoms with Crippen molar-refractivity contribution in [3.05, 3.63) is 0 Å². The fourth-order valence-electron chi connectivity index (χ4n) is 9.49. The Morgan fingerprint density at radius 1 is 0.462 bits per heavy atom. The summed E-state index contributed by atoms with van der Waals surface area (Å²) in [7, 11) is 0. The van der Waals surface area contributed by atoms with Crippen LogP contribution in [0.3, 0.4) is 0 Å². The predicted molar refractivity (Wildman–Crippen MR) is 320 cm³/mol. The minimum atomic E-state index is -3.46. The van der Waals surface area contributed by atoms with Gasteiger partial charge in [-0.25, -0.2) is 0 Å². The number of carbonyl (C=O) groups excluding carboxylic acids is 6. The fourth-order valence-corrected chi connectivity index (χ4v) is 11.5. The summed E-state index contributed by atoms with van der Waals surface area (Å²) in [6.07, 6.45) is -13.7. The van der Waals surface area contributed by atoms with Gasteiger partial charge in [-0.05, 0) is 52.0 Å². The molecule has 6 amide bonds. The molecule has 3 aliphatic rings. The summed E-state index contributed by atoms with van der Waals surface area (Å²) in [6, 6.07) is -3.44. The Labute approximate surface area is 534 Å². The van der Waals surface area contributed by atoms with Gasteiger partial charge in [-0.1, -0.05) is 12.8 Å². The van der Waals surface area contributed by atoms with Gasteiger partial charge in [-0.3, -0.25) is 38.6 Å². The van der Waals surface area contributed by atoms with Crippen LogP contribution in [-0.2, 0) is 92.3 Å². The minimum Gasteiger partial charge on any atom is -0.394 e. The first-order chi connectivity index (χ1) is 43.1. The predicted octanol–water partition coefficient (Wildman–Crippen LogP) is -7.52. The topological polar surface area (TPSA) is 485 Å². The number of unbranched alkanes of at least 4 members (excludes halogenated alkanes) is 3. The van der Waals surface area contributed by atoms with Crippen molar-refractivity contribution in [2.45, 2.75) is 165 Å². The van der Waals surface area contributed by atoms with Crippen LogP contribution in [0, 0.1) is 0 Å². The van der Waals surface area contributed by atoms with Crippen molar-refractivity contribution in [2.24, 2.45) is 0 Å². The lowest BCUT2D eigenvalue weighted by Gasteiger charge is -2.42. The second kappa shape index (κ2) is 43.6. The Hall–Kier alpha value is -3.45. The molecule has 530 valence electrons. The van der Waals surface area contributed by atoms with Crippen LogP contribution in [0.2, 0.25) is 0 Å². The van der Waals surface area contributed by atoms with Crippen molar-refractivity contribution in [3.63, 3.8) is 0 Å². The summed E-state index contributed by atoms with van der Waals surface area (Å²) < 4.78 is 61.5. The summed E-state index contributed by atoms with van der Waals surface area (Å²) in [4.78, 5) is 89.6. The van der Waals surface area contributed by atoms with Gasteiger partial charge in [0.1, 0.15) is 73.1 Å². The molecule has 16 atom stereocenters. The molecular weight excluding hydrogens is 1260 g/mol. The molecule has 0 spiro atoms. The SMILES string of the molecule is CC(=O)NC1C(OCCOCCNC(=O)CN(CCCCCCOP(O)(=S)OC(C)(C)C)CCN(CC(=O)NCCOCCOC2OC(CO)C(O)C(O)C2NC(C)=O)CC(=O)NCCOCCOC2OC(CO)C(O)C(O)C2NC(C)=O)OC(CO)C(O)C1O. The summed E-state index contributed by atoms with van der Waals surface area (Å²) >= 11 is 5.14. The number of nitrogens with zero attached hydrogens (tertiary/aromatic N) is 2. The van der Waals surface area contributed by atoms with Crippen molar-refractivity contribution in [2.75, 3.05) is 145 Å². The zero-order chi connectivity index (χ0) is 67.7. The summed E-state index contributed by atoms with van der Waals surface area (Å²) in [6.45, 7) is 3.62. The zero-order valence-corrected chi connectivity index (χ0v) is 54.4. The molecule has 0 aromatic carbocycles. The van der Waals surface area contributed by atoms with E-state index in [1.807, 2.05) is 4.90 Å². The van der Waals surface area contributed by atoms with E-state index in [0.29, 0.717) is 32.2 Å². The van der Waals surface area contributed by atoms with Gasteiger partial charge in [-0.15, -0.1) is 0 Å². The number of aliphatic hydroxyl groups excluding tert-OH is 9. The van der Waals surface area contributed by atoms with Gasteiger partial charge in [0.2, 0.25) is 35.4 Å². The minimum absolute atomic E-state index is 0.00334. The summed E-state index contributed by atoms with van der Waals surface area (Å²) in [5, 5.41) is 107. The van der Waals surface area contributed by atoms with Crippen LogP contribution in [0.15, 0.2) is 0 Å². The van der Waals surface area contributed by atoms with Crippen LogP contribution >= 0.6 is 6.72 Å². The van der Waals surface area contributed by atoms with Crippen LogP contribution in [0.5, 0.6) is 0 Å². The average molecular weight is 1360 g/mol. The van der Waals surface area contributed by atoms with E-state index in [1.165, 1.54) is 20.8 Å². The Morgan fingerprint density at radius 3 is 1.12 bits per heavy atom. The summed E-state index contributed by atoms with van der Waals surface area (Å²) in [5.41, 5.74) is -0.705. The Morgan fingerprint density at radius 2 is 0.791 bits per heavy atom. The second-order valence-corrected chi connectivity index (χ2v) is 25.5. The normalized spacial score (nSPS) is 27.6. The molecule has 0 radical (unpaired) electrons. The van der Waals surface area contributed by atoms with E-state index in [9.17, 15) is 79.6 Å². The van der Waals surface area contributed by atoms with Crippen LogP contribution < -0.4 is 31.9 Å². The number of nitrogens with one attached hydrogen (secondary N) is 6. The highest BCUT2D eigenvalue weighted by Crippen LogP contribution is 2.47. The third kappa shape index (κ3) is 32.2. The molecule has 37 heteroatoms. The van der Waals surface area contributed by atoms with Crippen LogP contribution in [0.4, 0.5) is 0 Å². The molecule has 16 N–H and O–H groups in total. The number of aliphatic hydroxyl groups is 9. The molecule has 0 saturated carbocycles. The van der Waals surface area contributed by atoms with E-state index < -0.39 is 154 Å². The first kappa shape index (κ1) is 81.8. The highest BCUT2D eigenvalue weighted by atomic mass is 32.5.